The molecule has 0 atom stereocenters. The molecule has 3 aromatic rings. The van der Waals surface area contributed by atoms with Gasteiger partial charge in [-0.1, -0.05) is 12.1 Å². The molecule has 4 rings (SSSR count). The summed E-state index contributed by atoms with van der Waals surface area (Å²) >= 11 is 0. The number of aromatic nitrogens is 4. The summed E-state index contributed by atoms with van der Waals surface area (Å²) in [6.07, 6.45) is 4.90. The summed E-state index contributed by atoms with van der Waals surface area (Å²) in [5, 5.41) is 13.8. The molecule has 0 saturated carbocycles. The zero-order valence-corrected chi connectivity index (χ0v) is 14.9. The van der Waals surface area contributed by atoms with E-state index < -0.39 is 6.61 Å². The molecule has 2 aromatic heterocycles. The second-order valence-corrected chi connectivity index (χ2v) is 6.64. The number of rotatable bonds is 5. The van der Waals surface area contributed by atoms with E-state index in [0.29, 0.717) is 35.8 Å². The minimum Gasteiger partial charge on any atom is -0.435 e. The van der Waals surface area contributed by atoms with Crippen molar-refractivity contribution in [2.45, 2.75) is 25.4 Å². The van der Waals surface area contributed by atoms with Gasteiger partial charge in [0, 0.05) is 36.5 Å². The van der Waals surface area contributed by atoms with Crippen LogP contribution >= 0.6 is 0 Å². The summed E-state index contributed by atoms with van der Waals surface area (Å²) in [5.41, 5.74) is 2.55. The fraction of sp³-hybridized carbons (Fsp3) is 0.316. The number of hydrogen-bond acceptors (Lipinski definition) is 4. The van der Waals surface area contributed by atoms with Gasteiger partial charge in [-0.25, -0.2) is 0 Å². The molecule has 1 aromatic carbocycles. The van der Waals surface area contributed by atoms with Crippen LogP contribution in [0, 0.1) is 0 Å². The Kier molecular flexibility index (Phi) is 5.05. The Balaban J connectivity index is 1.49. The summed E-state index contributed by atoms with van der Waals surface area (Å²) in [6.45, 7) is -1.65. The van der Waals surface area contributed by atoms with Crippen LogP contribution in [0.25, 0.3) is 11.3 Å². The monoisotopic (exact) mass is 387 g/mol. The van der Waals surface area contributed by atoms with Crippen LogP contribution in [-0.2, 0) is 0 Å². The fourth-order valence-electron chi connectivity index (χ4n) is 3.55. The highest BCUT2D eigenvalue weighted by atomic mass is 19.3. The van der Waals surface area contributed by atoms with Crippen molar-refractivity contribution in [3.05, 3.63) is 54.0 Å². The minimum absolute atomic E-state index is 0.0286. The number of halogens is 2. The molecule has 0 bridgehead atoms. The first-order valence-electron chi connectivity index (χ1n) is 8.99. The lowest BCUT2D eigenvalue weighted by Gasteiger charge is -2.31. The molecular formula is C19H19F2N5O2. The van der Waals surface area contributed by atoms with Crippen LogP contribution in [0.15, 0.2) is 42.7 Å². The van der Waals surface area contributed by atoms with Gasteiger partial charge in [-0.05, 0) is 31.0 Å². The summed E-state index contributed by atoms with van der Waals surface area (Å²) in [6, 6.07) is 8.17. The average molecular weight is 387 g/mol. The first-order valence-corrected chi connectivity index (χ1v) is 8.99. The maximum atomic E-state index is 13.0. The fourth-order valence-corrected chi connectivity index (χ4v) is 3.55. The lowest BCUT2D eigenvalue weighted by molar-refractivity contribution is -0.0498. The number of ether oxygens (including phenoxy) is 1. The smallest absolute Gasteiger partial charge is 0.387 e. The minimum atomic E-state index is -2.91. The SMILES string of the molecule is O=C(c1cn[nH]c1-c1cccc(OC(F)F)c1)N1CCC(c2ccn[nH]2)CC1. The van der Waals surface area contributed by atoms with Crippen molar-refractivity contribution in [1.82, 2.24) is 25.3 Å². The third-order valence-corrected chi connectivity index (χ3v) is 4.96. The summed E-state index contributed by atoms with van der Waals surface area (Å²) in [4.78, 5) is 14.8. The van der Waals surface area contributed by atoms with Gasteiger partial charge in [0.2, 0.25) is 0 Å². The van der Waals surface area contributed by atoms with Crippen molar-refractivity contribution in [3.63, 3.8) is 0 Å². The first kappa shape index (κ1) is 18.1. The summed E-state index contributed by atoms with van der Waals surface area (Å²) in [5.74, 6) is 0.256. The number of carbonyl (C=O) groups is 1. The van der Waals surface area contributed by atoms with E-state index in [1.165, 1.54) is 18.3 Å². The van der Waals surface area contributed by atoms with Gasteiger partial charge < -0.3 is 9.64 Å². The molecule has 7 nitrogen and oxygen atoms in total. The van der Waals surface area contributed by atoms with Crippen LogP contribution in [0.2, 0.25) is 0 Å². The number of nitrogens with one attached hydrogen (secondary N) is 2. The Morgan fingerprint density at radius 1 is 1.18 bits per heavy atom. The number of aromatic amines is 2. The Morgan fingerprint density at radius 2 is 2.00 bits per heavy atom. The number of likely N-dealkylation sites (tertiary alicyclic amines) is 1. The van der Waals surface area contributed by atoms with Gasteiger partial charge in [-0.15, -0.1) is 0 Å². The molecule has 146 valence electrons. The van der Waals surface area contributed by atoms with E-state index >= 15 is 0 Å². The van der Waals surface area contributed by atoms with Crippen LogP contribution in [0.4, 0.5) is 8.78 Å². The molecule has 9 heteroatoms. The number of alkyl halides is 2. The van der Waals surface area contributed by atoms with Gasteiger partial charge in [0.15, 0.2) is 0 Å². The Bertz CT molecular complexity index is 933. The van der Waals surface area contributed by atoms with E-state index in [0.717, 1.165) is 18.5 Å². The largest absolute Gasteiger partial charge is 0.435 e. The molecule has 1 aliphatic rings. The van der Waals surface area contributed by atoms with Crippen LogP contribution in [-0.4, -0.2) is 50.9 Å². The number of hydrogen-bond donors (Lipinski definition) is 2. The van der Waals surface area contributed by atoms with E-state index in [1.807, 2.05) is 6.07 Å². The second-order valence-electron chi connectivity index (χ2n) is 6.64. The van der Waals surface area contributed by atoms with Crippen molar-refractivity contribution >= 4 is 5.91 Å². The predicted octanol–water partition coefficient (Wildman–Crippen LogP) is 3.42. The zero-order chi connectivity index (χ0) is 19.5. The van der Waals surface area contributed by atoms with Gasteiger partial charge in [0.1, 0.15) is 5.75 Å². The normalized spacial score (nSPS) is 15.2. The maximum Gasteiger partial charge on any atom is 0.387 e. The van der Waals surface area contributed by atoms with E-state index in [2.05, 4.69) is 25.1 Å². The number of benzene rings is 1. The van der Waals surface area contributed by atoms with E-state index in [1.54, 1.807) is 23.2 Å². The predicted molar refractivity (Wildman–Crippen MR) is 97.1 cm³/mol. The molecule has 0 spiro atoms. The quantitative estimate of drug-likeness (QED) is 0.702. The standard InChI is InChI=1S/C19H19F2N5O2/c20-19(21)28-14-3-1-2-13(10-14)17-15(11-23-25-17)18(27)26-8-5-12(6-9-26)16-4-7-22-24-16/h1-4,7,10-12,19H,5-6,8-9H2,(H,22,24)(H,23,25). The van der Waals surface area contributed by atoms with Gasteiger partial charge in [-0.3, -0.25) is 15.0 Å². The number of carbonyl (C=O) groups excluding carboxylic acids is 1. The van der Waals surface area contributed by atoms with Gasteiger partial charge in [-0.2, -0.15) is 19.0 Å². The van der Waals surface area contributed by atoms with Crippen molar-refractivity contribution in [3.8, 4) is 17.0 Å². The van der Waals surface area contributed by atoms with Crippen LogP contribution in [0.1, 0.15) is 34.8 Å². The number of nitrogens with zero attached hydrogens (tertiary/aromatic N) is 3. The van der Waals surface area contributed by atoms with Gasteiger partial charge in [0.25, 0.3) is 5.91 Å². The molecule has 0 aliphatic carbocycles. The van der Waals surface area contributed by atoms with Crippen molar-refractivity contribution in [2.24, 2.45) is 0 Å². The topological polar surface area (TPSA) is 86.9 Å². The molecule has 3 heterocycles. The Labute approximate surface area is 159 Å². The van der Waals surface area contributed by atoms with Crippen LogP contribution < -0.4 is 4.74 Å². The average Bonchev–Trinajstić information content (AvgIpc) is 3.39. The molecule has 1 aliphatic heterocycles. The van der Waals surface area contributed by atoms with Crippen LogP contribution in [0.3, 0.4) is 0 Å². The summed E-state index contributed by atoms with van der Waals surface area (Å²) in [7, 11) is 0. The van der Waals surface area contributed by atoms with E-state index in [4.69, 9.17) is 0 Å². The van der Waals surface area contributed by atoms with Gasteiger partial charge >= 0.3 is 6.61 Å². The number of H-pyrrole nitrogens is 2. The van der Waals surface area contributed by atoms with Gasteiger partial charge in [0.05, 0.1) is 17.5 Å². The number of amides is 1. The molecule has 1 amide bonds. The highest BCUT2D eigenvalue weighted by molar-refractivity contribution is 5.99. The third-order valence-electron chi connectivity index (χ3n) is 4.96. The van der Waals surface area contributed by atoms with E-state index in [9.17, 15) is 13.6 Å². The second kappa shape index (κ2) is 7.79. The number of piperidine rings is 1. The first-order chi connectivity index (χ1) is 13.6. The maximum absolute atomic E-state index is 13.0. The molecule has 2 N–H and O–H groups in total. The lowest BCUT2D eigenvalue weighted by atomic mass is 9.93. The molecule has 1 saturated heterocycles. The van der Waals surface area contributed by atoms with Crippen molar-refractivity contribution in [1.29, 1.82) is 0 Å². The Morgan fingerprint density at radius 3 is 2.71 bits per heavy atom. The lowest BCUT2D eigenvalue weighted by Crippen LogP contribution is -2.38. The Hall–Kier alpha value is -3.23. The molecule has 0 unspecified atom stereocenters. The van der Waals surface area contributed by atoms with Crippen LogP contribution in [0.5, 0.6) is 5.75 Å². The third kappa shape index (κ3) is 3.73. The zero-order valence-electron chi connectivity index (χ0n) is 14.9. The molecular weight excluding hydrogens is 368 g/mol. The molecule has 28 heavy (non-hydrogen) atoms. The van der Waals surface area contributed by atoms with E-state index in [-0.39, 0.29) is 11.7 Å². The summed E-state index contributed by atoms with van der Waals surface area (Å²) < 4.78 is 29.4. The van der Waals surface area contributed by atoms with Crippen molar-refractivity contribution in [2.75, 3.05) is 13.1 Å². The highest BCUT2D eigenvalue weighted by Gasteiger charge is 2.27. The van der Waals surface area contributed by atoms with Crippen molar-refractivity contribution < 1.29 is 18.3 Å². The molecule has 1 fully saturated rings. The highest BCUT2D eigenvalue weighted by Crippen LogP contribution is 2.30. The molecule has 0 radical (unpaired) electrons.